The Morgan fingerprint density at radius 1 is 1.67 bits per heavy atom. The lowest BCUT2D eigenvalue weighted by Crippen LogP contribution is -2.43. The van der Waals surface area contributed by atoms with Crippen LogP contribution in [0.1, 0.15) is 36.8 Å². The molecule has 1 aromatic heterocycles. The molecule has 100 valence electrons. The predicted molar refractivity (Wildman–Crippen MR) is 65.2 cm³/mol. The maximum atomic E-state index is 11.9. The second-order valence-corrected chi connectivity index (χ2v) is 4.86. The van der Waals surface area contributed by atoms with Crippen LogP contribution in [0.15, 0.2) is 6.20 Å². The molecule has 2 heterocycles. The Morgan fingerprint density at radius 2 is 2.39 bits per heavy atom. The number of amides is 1. The molecule has 18 heavy (non-hydrogen) atoms. The number of nitrogens with zero attached hydrogens (tertiary/aromatic N) is 3. The van der Waals surface area contributed by atoms with Crippen molar-refractivity contribution >= 4 is 5.91 Å². The number of carbonyl (C=O) groups is 1. The molecule has 0 bridgehead atoms. The molecule has 0 aromatic carbocycles. The minimum absolute atomic E-state index is 0.0898. The van der Waals surface area contributed by atoms with Gasteiger partial charge in [0.15, 0.2) is 5.69 Å². The first kappa shape index (κ1) is 13.0. The highest BCUT2D eigenvalue weighted by Crippen LogP contribution is 2.10. The number of aliphatic hydroxyl groups is 1. The lowest BCUT2D eigenvalue weighted by molar-refractivity contribution is 0.0918. The summed E-state index contributed by atoms with van der Waals surface area (Å²) >= 11 is 0. The molecule has 0 aliphatic carbocycles. The fraction of sp³-hybridized carbons (Fsp3) is 0.727. The van der Waals surface area contributed by atoms with Crippen LogP contribution in [-0.2, 0) is 0 Å². The summed E-state index contributed by atoms with van der Waals surface area (Å²) in [6.07, 6.45) is 1.75. The van der Waals surface area contributed by atoms with Gasteiger partial charge in [-0.3, -0.25) is 4.79 Å². The van der Waals surface area contributed by atoms with Crippen LogP contribution in [0, 0.1) is 0 Å². The molecule has 1 aliphatic rings. The molecular formula is C11H19N5O2. The number of hydrogen-bond acceptors (Lipinski definition) is 5. The van der Waals surface area contributed by atoms with E-state index in [9.17, 15) is 9.90 Å². The molecule has 7 heteroatoms. The Hall–Kier alpha value is -1.47. The van der Waals surface area contributed by atoms with Crippen LogP contribution in [-0.4, -0.2) is 51.2 Å². The van der Waals surface area contributed by atoms with E-state index in [4.69, 9.17) is 0 Å². The van der Waals surface area contributed by atoms with Gasteiger partial charge in [0, 0.05) is 19.1 Å². The third kappa shape index (κ3) is 3.05. The molecule has 2 rings (SSSR count). The Morgan fingerprint density at radius 3 is 2.94 bits per heavy atom. The van der Waals surface area contributed by atoms with Gasteiger partial charge in [-0.1, -0.05) is 5.21 Å². The second kappa shape index (κ2) is 5.45. The van der Waals surface area contributed by atoms with Crippen molar-refractivity contribution in [1.82, 2.24) is 25.6 Å². The summed E-state index contributed by atoms with van der Waals surface area (Å²) in [5.74, 6) is -0.248. The highest BCUT2D eigenvalue weighted by molar-refractivity contribution is 5.92. The Bertz CT molecular complexity index is 413. The maximum absolute atomic E-state index is 11.9. The van der Waals surface area contributed by atoms with Crippen molar-refractivity contribution in [2.75, 3.05) is 13.1 Å². The Balaban J connectivity index is 1.90. The molecule has 3 N–H and O–H groups in total. The van der Waals surface area contributed by atoms with E-state index < -0.39 is 6.10 Å². The maximum Gasteiger partial charge on any atom is 0.273 e. The van der Waals surface area contributed by atoms with Crippen LogP contribution < -0.4 is 10.6 Å². The lowest BCUT2D eigenvalue weighted by atomic mass is 10.1. The summed E-state index contributed by atoms with van der Waals surface area (Å²) in [4.78, 5) is 11.9. The number of carbonyl (C=O) groups excluding carboxylic acids is 1. The zero-order valence-electron chi connectivity index (χ0n) is 10.6. The van der Waals surface area contributed by atoms with Gasteiger partial charge in [0.2, 0.25) is 0 Å². The summed E-state index contributed by atoms with van der Waals surface area (Å²) in [5, 5.41) is 23.0. The second-order valence-electron chi connectivity index (χ2n) is 4.86. The van der Waals surface area contributed by atoms with Gasteiger partial charge in [-0.2, -0.15) is 0 Å². The lowest BCUT2D eigenvalue weighted by Gasteiger charge is -2.26. The fourth-order valence-corrected chi connectivity index (χ4v) is 1.89. The highest BCUT2D eigenvalue weighted by Gasteiger charge is 2.22. The van der Waals surface area contributed by atoms with Gasteiger partial charge in [-0.15, -0.1) is 5.10 Å². The third-order valence-corrected chi connectivity index (χ3v) is 2.95. The van der Waals surface area contributed by atoms with E-state index in [1.54, 1.807) is 17.8 Å². The van der Waals surface area contributed by atoms with Crippen molar-refractivity contribution in [1.29, 1.82) is 0 Å². The average Bonchev–Trinajstić information content (AvgIpc) is 2.62. The first-order valence-electron chi connectivity index (χ1n) is 6.17. The van der Waals surface area contributed by atoms with E-state index >= 15 is 0 Å². The van der Waals surface area contributed by atoms with E-state index in [-0.39, 0.29) is 11.9 Å². The summed E-state index contributed by atoms with van der Waals surface area (Å²) in [5.41, 5.74) is 0.319. The quantitative estimate of drug-likeness (QED) is 0.646. The van der Waals surface area contributed by atoms with Crippen molar-refractivity contribution in [2.24, 2.45) is 0 Å². The number of aliphatic hydroxyl groups excluding tert-OH is 1. The van der Waals surface area contributed by atoms with Crippen molar-refractivity contribution in [3.63, 3.8) is 0 Å². The van der Waals surface area contributed by atoms with Gasteiger partial charge in [0.05, 0.1) is 18.3 Å². The average molecular weight is 253 g/mol. The molecule has 2 atom stereocenters. The van der Waals surface area contributed by atoms with Crippen LogP contribution in [0.4, 0.5) is 0 Å². The van der Waals surface area contributed by atoms with Crippen LogP contribution in [0.25, 0.3) is 0 Å². The van der Waals surface area contributed by atoms with Crippen LogP contribution in [0.3, 0.4) is 0 Å². The van der Waals surface area contributed by atoms with E-state index in [1.807, 2.05) is 6.92 Å². The van der Waals surface area contributed by atoms with Crippen LogP contribution >= 0.6 is 0 Å². The molecule has 0 radical (unpaired) electrons. The molecule has 2 unspecified atom stereocenters. The minimum atomic E-state index is -0.433. The number of aromatic nitrogens is 3. The summed E-state index contributed by atoms with van der Waals surface area (Å²) < 4.78 is 1.71. The van der Waals surface area contributed by atoms with Crippen LogP contribution in [0.2, 0.25) is 0 Å². The summed E-state index contributed by atoms with van der Waals surface area (Å²) in [6, 6.07) is 0.210. The molecule has 1 aromatic rings. The van der Waals surface area contributed by atoms with E-state index in [2.05, 4.69) is 20.9 Å². The monoisotopic (exact) mass is 253 g/mol. The molecule has 1 aliphatic heterocycles. The van der Waals surface area contributed by atoms with Crippen molar-refractivity contribution in [3.8, 4) is 0 Å². The van der Waals surface area contributed by atoms with E-state index in [0.29, 0.717) is 18.2 Å². The molecule has 1 amide bonds. The van der Waals surface area contributed by atoms with Gasteiger partial charge in [-0.25, -0.2) is 4.68 Å². The fourth-order valence-electron chi connectivity index (χ4n) is 1.89. The minimum Gasteiger partial charge on any atom is -0.393 e. The highest BCUT2D eigenvalue weighted by atomic mass is 16.3. The normalized spacial score (nSPS) is 19.1. The third-order valence-electron chi connectivity index (χ3n) is 2.95. The van der Waals surface area contributed by atoms with Gasteiger partial charge < -0.3 is 15.7 Å². The SMILES string of the molecule is CC(O)CC(C)NC(=O)c1cn(C2CNC2)nn1. The number of nitrogens with one attached hydrogen (secondary N) is 2. The summed E-state index contributed by atoms with van der Waals surface area (Å²) in [6.45, 7) is 5.28. The zero-order chi connectivity index (χ0) is 13.1. The smallest absolute Gasteiger partial charge is 0.273 e. The molecule has 0 saturated carbocycles. The zero-order valence-corrected chi connectivity index (χ0v) is 10.6. The number of rotatable bonds is 5. The van der Waals surface area contributed by atoms with Crippen molar-refractivity contribution < 1.29 is 9.90 Å². The topological polar surface area (TPSA) is 92.1 Å². The van der Waals surface area contributed by atoms with Crippen molar-refractivity contribution in [2.45, 2.75) is 38.5 Å². The van der Waals surface area contributed by atoms with Gasteiger partial charge in [-0.05, 0) is 20.3 Å². The Kier molecular flexibility index (Phi) is 3.93. The van der Waals surface area contributed by atoms with Gasteiger partial charge >= 0.3 is 0 Å². The molecule has 7 nitrogen and oxygen atoms in total. The number of hydrogen-bond donors (Lipinski definition) is 3. The van der Waals surface area contributed by atoms with Gasteiger partial charge in [0.25, 0.3) is 5.91 Å². The molecule has 0 spiro atoms. The largest absolute Gasteiger partial charge is 0.393 e. The van der Waals surface area contributed by atoms with Crippen molar-refractivity contribution in [3.05, 3.63) is 11.9 Å². The Labute approximate surface area is 106 Å². The van der Waals surface area contributed by atoms with Gasteiger partial charge in [0.1, 0.15) is 0 Å². The first-order chi connectivity index (χ1) is 8.56. The standard InChI is InChI=1S/C11H19N5O2/c1-7(3-8(2)17)13-11(18)10-6-16(15-14-10)9-4-12-5-9/h6-9,12,17H,3-5H2,1-2H3,(H,13,18). The molecular weight excluding hydrogens is 234 g/mol. The first-order valence-corrected chi connectivity index (χ1v) is 6.17. The van der Waals surface area contributed by atoms with E-state index in [1.165, 1.54) is 0 Å². The summed E-state index contributed by atoms with van der Waals surface area (Å²) in [7, 11) is 0. The molecule has 1 fully saturated rings. The predicted octanol–water partition coefficient (Wildman–Crippen LogP) is -0.688. The van der Waals surface area contributed by atoms with E-state index in [0.717, 1.165) is 13.1 Å². The van der Waals surface area contributed by atoms with Crippen LogP contribution in [0.5, 0.6) is 0 Å². The molecule has 1 saturated heterocycles.